The van der Waals surface area contributed by atoms with Gasteiger partial charge in [0.15, 0.2) is 11.9 Å². The number of nitrogens with zero attached hydrogens (tertiary/aromatic N) is 1. The lowest BCUT2D eigenvalue weighted by molar-refractivity contribution is 0.927. The van der Waals surface area contributed by atoms with Crippen molar-refractivity contribution in [3.05, 3.63) is 0 Å². The van der Waals surface area contributed by atoms with Crippen molar-refractivity contribution in [3.8, 4) is 0 Å². The van der Waals surface area contributed by atoms with Gasteiger partial charge in [0.1, 0.15) is 0 Å². The van der Waals surface area contributed by atoms with Crippen LogP contribution in [0.15, 0.2) is 4.99 Å². The number of rotatable bonds is 2. The summed E-state index contributed by atoms with van der Waals surface area (Å²) >= 11 is 0. The van der Waals surface area contributed by atoms with E-state index in [4.69, 9.17) is 16.9 Å². The molecule has 0 bridgehead atoms. The normalized spacial score (nSPS) is 6.23. The predicted molar refractivity (Wildman–Crippen MR) is 61.6 cm³/mol. The molecule has 8 heteroatoms. The maximum atomic E-state index is 6.06. The van der Waals surface area contributed by atoms with Crippen molar-refractivity contribution in [2.45, 2.75) is 13.3 Å². The van der Waals surface area contributed by atoms with Crippen molar-refractivity contribution in [2.75, 3.05) is 6.54 Å². The third-order valence-corrected chi connectivity index (χ3v) is 0.518. The Balaban J connectivity index is -0.0000000600. The first-order valence-electron chi connectivity index (χ1n) is 3.15. The molecule has 0 aliphatic rings. The van der Waals surface area contributed by atoms with E-state index in [0.717, 1.165) is 13.0 Å². The first-order chi connectivity index (χ1) is 5.00. The fourth-order valence-corrected chi connectivity index (χ4v) is 0.241. The molecule has 0 amide bonds. The van der Waals surface area contributed by atoms with E-state index in [1.807, 2.05) is 6.92 Å². The third-order valence-electron chi connectivity index (χ3n) is 0.518. The summed E-state index contributed by atoms with van der Waals surface area (Å²) in [6.07, 6.45) is 0.998. The Morgan fingerprint density at radius 3 is 1.54 bits per heavy atom. The number of hydrogen-bond donors (Lipinski definition) is 5. The van der Waals surface area contributed by atoms with Crippen molar-refractivity contribution in [1.29, 1.82) is 5.41 Å². The number of nitrogens with two attached hydrogens (primary N) is 4. The van der Waals surface area contributed by atoms with E-state index < -0.39 is 0 Å². The molecule has 0 saturated heterocycles. The van der Waals surface area contributed by atoms with Gasteiger partial charge in [0.2, 0.25) is 0 Å². The molecule has 0 saturated carbocycles. The van der Waals surface area contributed by atoms with Gasteiger partial charge in [0, 0.05) is 6.54 Å². The van der Waals surface area contributed by atoms with E-state index in [0.29, 0.717) is 0 Å². The topological polar surface area (TPSA) is 140 Å². The maximum absolute atomic E-state index is 6.06. The molecule has 0 aliphatic heterocycles. The molecule has 0 aromatic carbocycles. The summed E-state index contributed by atoms with van der Waals surface area (Å²) in [5.41, 5.74) is 19.0. The number of guanidine groups is 2. The maximum Gasteiger partial charge on any atom is 0.185 e. The van der Waals surface area contributed by atoms with Crippen molar-refractivity contribution >= 4 is 36.7 Å². The van der Waals surface area contributed by atoms with Crippen LogP contribution in [0.5, 0.6) is 0 Å². The van der Waals surface area contributed by atoms with Crippen LogP contribution in [-0.2, 0) is 0 Å². The molecule has 0 aliphatic carbocycles. The molecule has 0 spiro atoms. The van der Waals surface area contributed by atoms with Crippen LogP contribution in [0, 0.1) is 5.41 Å². The second kappa shape index (κ2) is 17.3. The van der Waals surface area contributed by atoms with E-state index >= 15 is 0 Å². The molecule has 82 valence electrons. The molecule has 9 N–H and O–H groups in total. The Hall–Kier alpha value is -0.880. The van der Waals surface area contributed by atoms with Crippen LogP contribution in [0.2, 0.25) is 0 Å². The Labute approximate surface area is 90.5 Å². The number of halogens is 2. The number of nitrogens with one attached hydrogen (secondary N) is 1. The quantitative estimate of drug-likeness (QED) is 0.319. The molecule has 0 atom stereocenters. The Kier molecular flexibility index (Phi) is 30.2. The third kappa shape index (κ3) is 95.0. The monoisotopic (exact) mass is 232 g/mol. The number of hydrogen-bond acceptors (Lipinski definition) is 2. The summed E-state index contributed by atoms with van der Waals surface area (Å²) in [7, 11) is 0. The minimum Gasteiger partial charge on any atom is -0.370 e. The Morgan fingerprint density at radius 1 is 1.15 bits per heavy atom. The van der Waals surface area contributed by atoms with Crippen molar-refractivity contribution in [3.63, 3.8) is 0 Å². The zero-order valence-electron chi connectivity index (χ0n) is 7.49. The molecule has 0 heterocycles. The fraction of sp³-hybridized carbons (Fsp3) is 0.600. The fourth-order valence-electron chi connectivity index (χ4n) is 0.241. The van der Waals surface area contributed by atoms with Gasteiger partial charge >= 0.3 is 0 Å². The van der Waals surface area contributed by atoms with Gasteiger partial charge in [0.25, 0.3) is 0 Å². The molecular formula is C5H18Cl2N6. The summed E-state index contributed by atoms with van der Waals surface area (Å²) in [6.45, 7) is 2.76. The van der Waals surface area contributed by atoms with Gasteiger partial charge in [-0.05, 0) is 6.42 Å². The summed E-state index contributed by atoms with van der Waals surface area (Å²) < 4.78 is 0. The first-order valence-corrected chi connectivity index (χ1v) is 3.15. The van der Waals surface area contributed by atoms with Gasteiger partial charge in [-0.15, -0.1) is 24.8 Å². The zero-order valence-corrected chi connectivity index (χ0v) is 9.12. The minimum absolute atomic E-state index is 0. The predicted octanol–water partition coefficient (Wildman–Crippen LogP) is -0.648. The highest BCUT2D eigenvalue weighted by Crippen LogP contribution is 1.73. The van der Waals surface area contributed by atoms with Crippen molar-refractivity contribution < 1.29 is 0 Å². The van der Waals surface area contributed by atoms with Crippen LogP contribution in [0.3, 0.4) is 0 Å². The first kappa shape index (κ1) is 22.7. The van der Waals surface area contributed by atoms with Gasteiger partial charge < -0.3 is 22.9 Å². The average Bonchev–Trinajstić information content (AvgIpc) is 1.82. The standard InChI is InChI=1S/C4H11N3.CH5N3.2ClH/c1-2-3-7-4(5)6;2-1(3)4;;/h2-3H2,1H3,(H4,5,6,7);(H5,2,3,4);2*1H. The Morgan fingerprint density at radius 2 is 1.46 bits per heavy atom. The van der Waals surface area contributed by atoms with Gasteiger partial charge in [-0.2, -0.15) is 0 Å². The SMILES string of the molecule is CCCN=C(N)N.Cl.Cl.N=C(N)N. The minimum atomic E-state index is -0.333. The highest BCUT2D eigenvalue weighted by molar-refractivity contribution is 5.85. The smallest absolute Gasteiger partial charge is 0.185 e. The second-order valence-corrected chi connectivity index (χ2v) is 1.76. The van der Waals surface area contributed by atoms with Crippen LogP contribution in [0.4, 0.5) is 0 Å². The molecule has 0 unspecified atom stereocenters. The molecule has 0 radical (unpaired) electrons. The molecule has 0 aromatic heterocycles. The summed E-state index contributed by atoms with van der Waals surface area (Å²) in [6, 6.07) is 0. The highest BCUT2D eigenvalue weighted by Gasteiger charge is 1.74. The lowest BCUT2D eigenvalue weighted by atomic mass is 10.5. The summed E-state index contributed by atoms with van der Waals surface area (Å²) in [5.74, 6) is -0.151. The lowest BCUT2D eigenvalue weighted by Crippen LogP contribution is -2.22. The lowest BCUT2D eigenvalue weighted by Gasteiger charge is -1.86. The van der Waals surface area contributed by atoms with Crippen molar-refractivity contribution in [1.82, 2.24) is 0 Å². The molecular weight excluding hydrogens is 215 g/mol. The molecule has 6 nitrogen and oxygen atoms in total. The molecule has 0 aromatic rings. The van der Waals surface area contributed by atoms with Crippen LogP contribution in [-0.4, -0.2) is 18.5 Å². The molecule has 0 fully saturated rings. The van der Waals surface area contributed by atoms with Crippen LogP contribution < -0.4 is 22.9 Å². The summed E-state index contributed by atoms with van der Waals surface area (Å²) in [4.78, 5) is 3.72. The van der Waals surface area contributed by atoms with E-state index in [2.05, 4.69) is 16.5 Å². The molecule has 0 rings (SSSR count). The highest BCUT2D eigenvalue weighted by atomic mass is 35.5. The zero-order chi connectivity index (χ0) is 9.28. The van der Waals surface area contributed by atoms with E-state index in [1.165, 1.54) is 0 Å². The van der Waals surface area contributed by atoms with E-state index in [1.54, 1.807) is 0 Å². The van der Waals surface area contributed by atoms with Gasteiger partial charge in [-0.3, -0.25) is 10.4 Å². The van der Waals surface area contributed by atoms with E-state index in [9.17, 15) is 0 Å². The Bertz CT molecular complexity index is 129. The molecule has 13 heavy (non-hydrogen) atoms. The van der Waals surface area contributed by atoms with Crippen LogP contribution in [0.25, 0.3) is 0 Å². The van der Waals surface area contributed by atoms with Gasteiger partial charge in [0.05, 0.1) is 0 Å². The van der Waals surface area contributed by atoms with Crippen LogP contribution in [0.1, 0.15) is 13.3 Å². The van der Waals surface area contributed by atoms with Gasteiger partial charge in [-0.1, -0.05) is 6.92 Å². The summed E-state index contributed by atoms with van der Waals surface area (Å²) in [5, 5.41) is 6.06. The van der Waals surface area contributed by atoms with Gasteiger partial charge in [-0.25, -0.2) is 0 Å². The number of aliphatic imine (C=N–C) groups is 1. The second-order valence-electron chi connectivity index (χ2n) is 1.76. The van der Waals surface area contributed by atoms with Crippen molar-refractivity contribution in [2.24, 2.45) is 27.9 Å². The largest absolute Gasteiger partial charge is 0.370 e. The van der Waals surface area contributed by atoms with E-state index in [-0.39, 0.29) is 36.7 Å². The van der Waals surface area contributed by atoms with Crippen LogP contribution >= 0.6 is 24.8 Å². The average molecular weight is 233 g/mol.